The molecule has 0 fully saturated rings. The van der Waals surface area contributed by atoms with Gasteiger partial charge in [-0.2, -0.15) is 0 Å². The van der Waals surface area contributed by atoms with E-state index in [4.69, 9.17) is 21.1 Å². The molecule has 2 rings (SSSR count). The molecule has 0 radical (unpaired) electrons. The van der Waals surface area contributed by atoms with Crippen LogP contribution in [-0.2, 0) is 27.2 Å². The Hall–Kier alpha value is -3.35. The average Bonchev–Trinajstić information content (AvgIpc) is 2.82. The van der Waals surface area contributed by atoms with Gasteiger partial charge in [0.2, 0.25) is 0 Å². The normalized spacial score (nSPS) is 13.0. The molecule has 0 aliphatic carbocycles. The Bertz CT molecular complexity index is 938. The maximum absolute atomic E-state index is 11.0. The van der Waals surface area contributed by atoms with E-state index >= 15 is 0 Å². The minimum absolute atomic E-state index is 0.139. The highest BCUT2D eigenvalue weighted by molar-refractivity contribution is 5.71. The maximum atomic E-state index is 11.0. The molecule has 37 heavy (non-hydrogen) atoms. The van der Waals surface area contributed by atoms with Crippen molar-refractivity contribution < 1.29 is 29.7 Å². The largest absolute Gasteiger partial charge is 0.481 e. The predicted octanol–water partition coefficient (Wildman–Crippen LogP) is 6.12. The zero-order valence-electron chi connectivity index (χ0n) is 23.2. The summed E-state index contributed by atoms with van der Waals surface area (Å²) in [5, 5.41) is 26.4. The first-order valence-corrected chi connectivity index (χ1v) is 12.7. The molecule has 7 nitrogen and oxygen atoms in total. The average molecular weight is 516 g/mol. The Balaban J connectivity index is 0.000000551. The van der Waals surface area contributed by atoms with E-state index in [9.17, 15) is 14.4 Å². The summed E-state index contributed by atoms with van der Waals surface area (Å²) in [4.78, 5) is 32.1. The van der Waals surface area contributed by atoms with Crippen molar-refractivity contribution >= 4 is 23.6 Å². The third kappa shape index (κ3) is 14.1. The van der Waals surface area contributed by atoms with Crippen LogP contribution >= 0.6 is 0 Å². The van der Waals surface area contributed by atoms with E-state index in [0.717, 1.165) is 11.1 Å². The molecule has 5 N–H and O–H groups in total. The highest BCUT2D eigenvalue weighted by atomic mass is 16.4. The molecular weight excluding hydrogens is 470 g/mol. The number of carboxylic acids is 3. The van der Waals surface area contributed by atoms with Crippen LogP contribution in [0.2, 0.25) is 0 Å². The van der Waals surface area contributed by atoms with Crippen LogP contribution in [0.3, 0.4) is 0 Å². The molecule has 2 aromatic carbocycles. The van der Waals surface area contributed by atoms with Gasteiger partial charge in [-0.1, -0.05) is 90.9 Å². The minimum Gasteiger partial charge on any atom is -0.481 e. The molecule has 0 aliphatic heterocycles. The topological polar surface area (TPSA) is 138 Å². The van der Waals surface area contributed by atoms with Gasteiger partial charge in [-0.05, 0) is 53.9 Å². The second-order valence-corrected chi connectivity index (χ2v) is 10.4. The summed E-state index contributed by atoms with van der Waals surface area (Å²) in [6.07, 6.45) is 1.18. The van der Waals surface area contributed by atoms with Crippen LogP contribution in [0, 0.1) is 35.5 Å². The van der Waals surface area contributed by atoms with Crippen LogP contribution in [0.15, 0.2) is 54.6 Å². The summed E-state index contributed by atoms with van der Waals surface area (Å²) in [6.45, 7) is 13.3. The van der Waals surface area contributed by atoms with Gasteiger partial charge >= 0.3 is 17.9 Å². The fourth-order valence-electron chi connectivity index (χ4n) is 3.28. The van der Waals surface area contributed by atoms with Gasteiger partial charge in [0.05, 0.1) is 17.8 Å². The number of nitrogens with two attached hydrogens (primary N) is 1. The molecule has 7 heteroatoms. The Morgan fingerprint density at radius 3 is 1.24 bits per heavy atom. The molecule has 2 aromatic rings. The molecule has 0 amide bonds. The Kier molecular flexibility index (Phi) is 15.6. The van der Waals surface area contributed by atoms with Crippen molar-refractivity contribution in [3.05, 3.63) is 65.7 Å². The van der Waals surface area contributed by atoms with Crippen molar-refractivity contribution in [2.75, 3.05) is 5.73 Å². The number of carbonyl (C=O) groups is 3. The van der Waals surface area contributed by atoms with Crippen LogP contribution in [0.1, 0.15) is 59.6 Å². The lowest BCUT2D eigenvalue weighted by Gasteiger charge is -2.15. The lowest BCUT2D eigenvalue weighted by molar-refractivity contribution is -0.144. The highest BCUT2D eigenvalue weighted by Crippen LogP contribution is 2.19. The number of carboxylic acid groups (broad SMARTS) is 3. The number of benzene rings is 2. The monoisotopic (exact) mass is 515 g/mol. The number of hydrogen-bond acceptors (Lipinski definition) is 4. The van der Waals surface area contributed by atoms with Crippen LogP contribution in [-0.4, -0.2) is 33.2 Å². The number of nitrogen functional groups attached to an aromatic ring is 1. The summed E-state index contributed by atoms with van der Waals surface area (Å²) >= 11 is 0. The van der Waals surface area contributed by atoms with E-state index in [1.165, 1.54) is 0 Å². The second-order valence-electron chi connectivity index (χ2n) is 10.4. The van der Waals surface area contributed by atoms with Gasteiger partial charge in [-0.25, -0.2) is 0 Å². The van der Waals surface area contributed by atoms with Gasteiger partial charge in [0, 0.05) is 5.69 Å². The number of rotatable bonds is 10. The molecule has 0 unspecified atom stereocenters. The zero-order valence-corrected chi connectivity index (χ0v) is 23.2. The fraction of sp³-hybridized carbons (Fsp3) is 0.500. The predicted molar refractivity (Wildman–Crippen MR) is 148 cm³/mol. The molecule has 0 heterocycles. The lowest BCUT2D eigenvalue weighted by Crippen LogP contribution is -2.22. The van der Waals surface area contributed by atoms with E-state index in [2.05, 4.69) is 0 Å². The van der Waals surface area contributed by atoms with E-state index in [1.807, 2.05) is 84.0 Å². The standard InChI is InChI=1S/C12H17NO2.C12H16O2.C6H12O2/c1-8(2)11(12(14)15)7-9-3-5-10(13)6-4-9;1-9(2)11(12(13)14)8-10-6-4-3-5-7-10;1-4(2)5(3)6(7)8/h3-6,8,11H,7,13H2,1-2H3,(H,14,15);3-7,9,11H,8H2,1-2H3,(H,13,14);4-5H,1-3H3,(H,7,8)/t2*11-;5-/m111/s1. The van der Waals surface area contributed by atoms with Gasteiger partial charge in [0.1, 0.15) is 0 Å². The van der Waals surface area contributed by atoms with Crippen molar-refractivity contribution in [2.24, 2.45) is 35.5 Å². The molecule has 0 bridgehead atoms. The lowest BCUT2D eigenvalue weighted by atomic mass is 9.89. The van der Waals surface area contributed by atoms with E-state index in [-0.39, 0.29) is 35.5 Å². The smallest absolute Gasteiger partial charge is 0.307 e. The van der Waals surface area contributed by atoms with Crippen molar-refractivity contribution in [3.63, 3.8) is 0 Å². The maximum Gasteiger partial charge on any atom is 0.307 e. The Morgan fingerprint density at radius 1 is 0.595 bits per heavy atom. The molecule has 0 saturated heterocycles. The minimum atomic E-state index is -0.734. The first-order valence-electron chi connectivity index (χ1n) is 12.7. The van der Waals surface area contributed by atoms with Crippen LogP contribution in [0.25, 0.3) is 0 Å². The molecule has 0 aliphatic rings. The van der Waals surface area contributed by atoms with Crippen molar-refractivity contribution in [1.29, 1.82) is 0 Å². The number of aliphatic carboxylic acids is 3. The van der Waals surface area contributed by atoms with Gasteiger partial charge in [0.25, 0.3) is 0 Å². The van der Waals surface area contributed by atoms with Gasteiger partial charge < -0.3 is 21.1 Å². The molecule has 0 aromatic heterocycles. The van der Waals surface area contributed by atoms with Gasteiger partial charge in [0.15, 0.2) is 0 Å². The first kappa shape index (κ1) is 33.7. The summed E-state index contributed by atoms with van der Waals surface area (Å²) in [5.41, 5.74) is 8.37. The summed E-state index contributed by atoms with van der Waals surface area (Å²) < 4.78 is 0. The Morgan fingerprint density at radius 2 is 0.973 bits per heavy atom. The quantitative estimate of drug-likeness (QED) is 0.280. The van der Waals surface area contributed by atoms with E-state index in [0.29, 0.717) is 18.5 Å². The van der Waals surface area contributed by atoms with Crippen molar-refractivity contribution in [2.45, 2.75) is 61.3 Å². The van der Waals surface area contributed by atoms with Crippen LogP contribution in [0.5, 0.6) is 0 Å². The van der Waals surface area contributed by atoms with Crippen molar-refractivity contribution in [3.8, 4) is 0 Å². The third-order valence-corrected chi connectivity index (χ3v) is 6.37. The molecule has 206 valence electrons. The van der Waals surface area contributed by atoms with E-state index < -0.39 is 17.9 Å². The zero-order chi connectivity index (χ0) is 28.7. The van der Waals surface area contributed by atoms with Gasteiger partial charge in [-0.15, -0.1) is 0 Å². The third-order valence-electron chi connectivity index (χ3n) is 6.37. The first-order chi connectivity index (χ1) is 17.2. The SMILES string of the molecule is CC(C)[C@@H](C)C(=O)O.CC(C)[C@@H](Cc1ccc(N)cc1)C(=O)O.CC(C)[C@@H](Cc1ccccc1)C(=O)O. The summed E-state index contributed by atoms with van der Waals surface area (Å²) in [6, 6.07) is 17.1. The molecule has 3 atom stereocenters. The summed E-state index contributed by atoms with van der Waals surface area (Å²) in [7, 11) is 0. The van der Waals surface area contributed by atoms with Crippen LogP contribution < -0.4 is 5.73 Å². The number of hydrogen-bond donors (Lipinski definition) is 4. The highest BCUT2D eigenvalue weighted by Gasteiger charge is 2.22. The second kappa shape index (κ2) is 17.2. The Labute approximate surface area is 221 Å². The van der Waals surface area contributed by atoms with E-state index in [1.54, 1.807) is 19.1 Å². The molecular formula is C30H45NO6. The number of anilines is 1. The van der Waals surface area contributed by atoms with Crippen molar-refractivity contribution in [1.82, 2.24) is 0 Å². The van der Waals surface area contributed by atoms with Gasteiger partial charge in [-0.3, -0.25) is 14.4 Å². The molecule has 0 spiro atoms. The molecule has 0 saturated carbocycles. The summed E-state index contributed by atoms with van der Waals surface area (Å²) in [5.74, 6) is -2.41. The van der Waals surface area contributed by atoms with Crippen LogP contribution in [0.4, 0.5) is 5.69 Å². The fourth-order valence-corrected chi connectivity index (χ4v) is 3.28.